The van der Waals surface area contributed by atoms with Crippen LogP contribution in [0.5, 0.6) is 0 Å². The molecule has 42 valence electrons. The number of nitriles is 1. The number of carbonyl (C=O) groups excluding carboxylic acids is 1. The number of carbonyl (C=O) groups is 1. The molecule has 3 N–H and O–H groups in total. The zero-order valence-corrected chi connectivity index (χ0v) is 3.93. The van der Waals surface area contributed by atoms with E-state index in [9.17, 15) is 4.79 Å². The Morgan fingerprint density at radius 2 is 2.50 bits per heavy atom. The van der Waals surface area contributed by atoms with E-state index in [4.69, 9.17) is 10.7 Å². The van der Waals surface area contributed by atoms with Crippen LogP contribution in [0.2, 0.25) is 0 Å². The lowest BCUT2D eigenvalue weighted by Gasteiger charge is -1.92. The van der Waals surface area contributed by atoms with Crippen LogP contribution < -0.4 is 10.6 Å². The lowest BCUT2D eigenvalue weighted by molar-refractivity contribution is -0.108. The van der Waals surface area contributed by atoms with E-state index in [1.165, 1.54) is 6.19 Å². The second kappa shape index (κ2) is 3.61. The van der Waals surface area contributed by atoms with E-state index in [1.807, 2.05) is 10.6 Å². The van der Waals surface area contributed by atoms with Crippen LogP contribution >= 0.6 is 0 Å². The third-order valence-electron chi connectivity index (χ3n) is 0.384. The Bertz CT molecular complexity index is 135. The minimum Gasteiger partial charge on any atom is -0.299 e. The molecule has 0 radical (unpaired) electrons. The average molecular weight is 112 g/mol. The van der Waals surface area contributed by atoms with E-state index in [-0.39, 0.29) is 5.96 Å². The second-order valence-electron chi connectivity index (χ2n) is 0.874. The van der Waals surface area contributed by atoms with Gasteiger partial charge in [-0.05, 0) is 0 Å². The molecule has 0 bridgehead atoms. The lowest BCUT2D eigenvalue weighted by Crippen LogP contribution is -2.31. The molecule has 5 heteroatoms. The summed E-state index contributed by atoms with van der Waals surface area (Å²) in [6.45, 7) is 0. The molecule has 0 rings (SSSR count). The summed E-state index contributed by atoms with van der Waals surface area (Å²) in [5, 5.41) is 18.2. The summed E-state index contributed by atoms with van der Waals surface area (Å²) in [7, 11) is 0. The maximum Gasteiger partial charge on any atom is 0.213 e. The summed E-state index contributed by atoms with van der Waals surface area (Å²) in [4.78, 5) is 9.49. The predicted octanol–water partition coefficient (Wildman–Crippen LogP) is -1.26. The van der Waals surface area contributed by atoms with E-state index >= 15 is 0 Å². The first kappa shape index (κ1) is 6.43. The van der Waals surface area contributed by atoms with Crippen molar-refractivity contribution in [3.05, 3.63) is 0 Å². The van der Waals surface area contributed by atoms with E-state index in [1.54, 1.807) is 0 Å². The number of hydrogen-bond acceptors (Lipinski definition) is 3. The van der Waals surface area contributed by atoms with Crippen LogP contribution in [0.1, 0.15) is 0 Å². The first-order chi connectivity index (χ1) is 3.81. The van der Waals surface area contributed by atoms with E-state index in [0.29, 0.717) is 6.41 Å². The van der Waals surface area contributed by atoms with Crippen molar-refractivity contribution in [3.8, 4) is 6.19 Å². The summed E-state index contributed by atoms with van der Waals surface area (Å²) in [5.74, 6) is -0.317. The Labute approximate surface area is 45.8 Å². The summed E-state index contributed by atoms with van der Waals surface area (Å²) in [5.41, 5.74) is 0. The Hall–Kier alpha value is -1.57. The van der Waals surface area contributed by atoms with Gasteiger partial charge in [-0.3, -0.25) is 20.8 Å². The van der Waals surface area contributed by atoms with Gasteiger partial charge >= 0.3 is 0 Å². The van der Waals surface area contributed by atoms with E-state index in [0.717, 1.165) is 0 Å². The third kappa shape index (κ3) is 2.66. The van der Waals surface area contributed by atoms with Gasteiger partial charge in [-0.2, -0.15) is 5.26 Å². The zero-order chi connectivity index (χ0) is 6.41. The number of hydrogen-bond donors (Lipinski definition) is 3. The molecule has 0 atom stereocenters. The molecule has 0 fully saturated rings. The molecule has 1 amide bonds. The second-order valence-corrected chi connectivity index (χ2v) is 0.874. The van der Waals surface area contributed by atoms with Gasteiger partial charge < -0.3 is 0 Å². The van der Waals surface area contributed by atoms with E-state index in [2.05, 4.69) is 0 Å². The van der Waals surface area contributed by atoms with Gasteiger partial charge in [-0.15, -0.1) is 0 Å². The SMILES string of the molecule is N#CNC(=N)NC=O. The normalized spacial score (nSPS) is 6.38. The van der Waals surface area contributed by atoms with Crippen molar-refractivity contribution in [2.45, 2.75) is 0 Å². The Morgan fingerprint density at radius 3 is 2.88 bits per heavy atom. The van der Waals surface area contributed by atoms with Gasteiger partial charge in [0.25, 0.3) is 0 Å². The molecule has 0 saturated carbocycles. The predicted molar refractivity (Wildman–Crippen MR) is 25.7 cm³/mol. The van der Waals surface area contributed by atoms with E-state index < -0.39 is 0 Å². The topological polar surface area (TPSA) is 88.8 Å². The summed E-state index contributed by atoms with van der Waals surface area (Å²) >= 11 is 0. The van der Waals surface area contributed by atoms with Gasteiger partial charge in [-0.1, -0.05) is 0 Å². The van der Waals surface area contributed by atoms with Gasteiger partial charge in [-0.25, -0.2) is 0 Å². The highest BCUT2D eigenvalue weighted by atomic mass is 16.1. The molecule has 0 heterocycles. The smallest absolute Gasteiger partial charge is 0.213 e. The minimum absolute atomic E-state index is 0.312. The molecule has 0 aromatic heterocycles. The minimum atomic E-state index is -0.317. The van der Waals surface area contributed by atoms with Crippen molar-refractivity contribution in [1.82, 2.24) is 10.6 Å². The quantitative estimate of drug-likeness (QED) is 0.130. The number of rotatable bonds is 1. The Kier molecular flexibility index (Phi) is 2.90. The van der Waals surface area contributed by atoms with Gasteiger partial charge in [0.05, 0.1) is 0 Å². The van der Waals surface area contributed by atoms with Crippen LogP contribution in [0.25, 0.3) is 0 Å². The first-order valence-electron chi connectivity index (χ1n) is 1.75. The average Bonchev–Trinajstić information content (AvgIpc) is 1.68. The molecule has 0 aliphatic heterocycles. The van der Waals surface area contributed by atoms with Crippen LogP contribution in [0.4, 0.5) is 0 Å². The van der Waals surface area contributed by atoms with Gasteiger partial charge in [0.1, 0.15) is 0 Å². The monoisotopic (exact) mass is 112 g/mol. The summed E-state index contributed by atoms with van der Waals surface area (Å²) in [6, 6.07) is 0. The van der Waals surface area contributed by atoms with Crippen molar-refractivity contribution in [1.29, 1.82) is 10.7 Å². The fourth-order valence-corrected chi connectivity index (χ4v) is 0.151. The standard InChI is InChI=1S/C3H4N4O/c4-1-6-3(5)7-2-8/h2H,(H3,5,6,7,8). The lowest BCUT2D eigenvalue weighted by atomic mass is 10.9. The molecule has 0 aromatic rings. The third-order valence-corrected chi connectivity index (χ3v) is 0.384. The van der Waals surface area contributed by atoms with Crippen molar-refractivity contribution in [2.75, 3.05) is 0 Å². The van der Waals surface area contributed by atoms with Crippen LogP contribution in [0, 0.1) is 16.9 Å². The molecule has 5 nitrogen and oxygen atoms in total. The zero-order valence-electron chi connectivity index (χ0n) is 3.93. The highest BCUT2D eigenvalue weighted by Gasteiger charge is 1.85. The van der Waals surface area contributed by atoms with Crippen LogP contribution in [-0.2, 0) is 4.79 Å². The molecular weight excluding hydrogens is 108 g/mol. The molecule has 0 aliphatic carbocycles. The van der Waals surface area contributed by atoms with Gasteiger partial charge in [0.2, 0.25) is 12.4 Å². The molecule has 0 unspecified atom stereocenters. The molecule has 0 aromatic carbocycles. The van der Waals surface area contributed by atoms with Crippen LogP contribution in [0.15, 0.2) is 0 Å². The molecular formula is C3H4N4O. The highest BCUT2D eigenvalue weighted by Crippen LogP contribution is 1.48. The summed E-state index contributed by atoms with van der Waals surface area (Å²) < 4.78 is 0. The first-order valence-corrected chi connectivity index (χ1v) is 1.75. The molecule has 0 saturated heterocycles. The number of amides is 1. The van der Waals surface area contributed by atoms with Crippen molar-refractivity contribution < 1.29 is 4.79 Å². The van der Waals surface area contributed by atoms with Crippen LogP contribution in [-0.4, -0.2) is 12.4 Å². The number of nitrogens with one attached hydrogen (secondary N) is 3. The summed E-state index contributed by atoms with van der Waals surface area (Å²) in [6.07, 6.45) is 1.77. The van der Waals surface area contributed by atoms with Gasteiger partial charge in [0.15, 0.2) is 6.19 Å². The maximum atomic E-state index is 9.49. The van der Waals surface area contributed by atoms with Crippen molar-refractivity contribution >= 4 is 12.4 Å². The highest BCUT2D eigenvalue weighted by molar-refractivity contribution is 5.86. The molecule has 0 spiro atoms. The largest absolute Gasteiger partial charge is 0.299 e. The number of nitrogens with zero attached hydrogens (tertiary/aromatic N) is 1. The molecule has 8 heavy (non-hydrogen) atoms. The fourth-order valence-electron chi connectivity index (χ4n) is 0.151. The van der Waals surface area contributed by atoms with Crippen molar-refractivity contribution in [3.63, 3.8) is 0 Å². The van der Waals surface area contributed by atoms with Crippen LogP contribution in [0.3, 0.4) is 0 Å². The Morgan fingerprint density at radius 1 is 1.88 bits per heavy atom. The van der Waals surface area contributed by atoms with Gasteiger partial charge in [0, 0.05) is 0 Å². The molecule has 0 aliphatic rings. The van der Waals surface area contributed by atoms with Crippen molar-refractivity contribution in [2.24, 2.45) is 0 Å². The Balaban J connectivity index is 3.36. The maximum absolute atomic E-state index is 9.49. The number of guanidine groups is 1. The fraction of sp³-hybridized carbons (Fsp3) is 0.